The van der Waals surface area contributed by atoms with E-state index in [2.05, 4.69) is 25.8 Å². The Kier molecular flexibility index (Phi) is 7.22. The summed E-state index contributed by atoms with van der Waals surface area (Å²) < 4.78 is 0. The lowest BCUT2D eigenvalue weighted by atomic mass is 10.4. The van der Waals surface area contributed by atoms with Crippen LogP contribution >= 0.6 is 12.6 Å². The van der Waals surface area contributed by atoms with Gasteiger partial charge in [0, 0.05) is 5.57 Å². The predicted octanol–water partition coefficient (Wildman–Crippen LogP) is 1.16. The van der Waals surface area contributed by atoms with E-state index in [-0.39, 0.29) is 10.5 Å². The van der Waals surface area contributed by atoms with Gasteiger partial charge in [0.15, 0.2) is 0 Å². The molecule has 0 bridgehead atoms. The molecule has 0 aromatic rings. The summed E-state index contributed by atoms with van der Waals surface area (Å²) in [5, 5.41) is 15.7. The first-order chi connectivity index (χ1) is 5.29. The number of hydrogen-bond donors (Lipinski definition) is 3. The Morgan fingerprint density at radius 2 is 1.33 bits per heavy atom. The van der Waals surface area contributed by atoms with E-state index in [0.717, 1.165) is 0 Å². The van der Waals surface area contributed by atoms with Crippen molar-refractivity contribution in [3.8, 4) is 0 Å². The normalized spacial score (nSPS) is 7.50. The Morgan fingerprint density at radius 3 is 1.33 bits per heavy atom. The second kappa shape index (κ2) is 6.48. The number of carbonyl (C=O) groups is 2. The first kappa shape index (κ1) is 13.4. The van der Waals surface area contributed by atoms with Crippen LogP contribution in [0.5, 0.6) is 0 Å². The summed E-state index contributed by atoms with van der Waals surface area (Å²) in [4.78, 5) is 19.0. The van der Waals surface area contributed by atoms with E-state index in [1.165, 1.54) is 6.92 Å². The lowest BCUT2D eigenvalue weighted by molar-refractivity contribution is -0.133. The van der Waals surface area contributed by atoms with Crippen LogP contribution in [-0.2, 0) is 9.59 Å². The molecule has 0 aliphatic carbocycles. The number of hydrogen-bond acceptors (Lipinski definition) is 3. The van der Waals surface area contributed by atoms with Gasteiger partial charge < -0.3 is 10.2 Å². The molecule has 0 aliphatic heterocycles. The van der Waals surface area contributed by atoms with E-state index in [4.69, 9.17) is 10.2 Å². The van der Waals surface area contributed by atoms with Gasteiger partial charge in [0.1, 0.15) is 0 Å². The molecule has 0 saturated carbocycles. The molecule has 0 atom stereocenters. The zero-order valence-corrected chi connectivity index (χ0v) is 7.47. The van der Waals surface area contributed by atoms with Crippen LogP contribution in [0, 0.1) is 0 Å². The van der Waals surface area contributed by atoms with Crippen molar-refractivity contribution in [3.05, 3.63) is 23.6 Å². The van der Waals surface area contributed by atoms with Crippen molar-refractivity contribution in [1.29, 1.82) is 0 Å². The van der Waals surface area contributed by atoms with Crippen LogP contribution in [0.25, 0.3) is 0 Å². The average Bonchev–Trinajstić information content (AvgIpc) is 1.88. The molecule has 0 aliphatic rings. The first-order valence-electron chi connectivity index (χ1n) is 2.79. The summed E-state index contributed by atoms with van der Waals surface area (Å²) in [6.07, 6.45) is 0. The van der Waals surface area contributed by atoms with Crippen molar-refractivity contribution in [2.75, 3.05) is 0 Å². The second-order valence-corrected chi connectivity index (χ2v) is 2.38. The molecular formula is C7H10O4S. The van der Waals surface area contributed by atoms with Gasteiger partial charge in [-0.3, -0.25) is 0 Å². The molecule has 0 aromatic heterocycles. The lowest BCUT2D eigenvalue weighted by Gasteiger charge is -1.79. The van der Waals surface area contributed by atoms with Gasteiger partial charge in [0.25, 0.3) is 0 Å². The van der Waals surface area contributed by atoms with Gasteiger partial charge in [-0.1, -0.05) is 13.2 Å². The number of thiol groups is 1. The minimum Gasteiger partial charge on any atom is -0.478 e. The third-order valence-electron chi connectivity index (χ3n) is 0.612. The van der Waals surface area contributed by atoms with Crippen LogP contribution in [-0.4, -0.2) is 22.2 Å². The van der Waals surface area contributed by atoms with E-state index in [1.54, 1.807) is 0 Å². The van der Waals surface area contributed by atoms with Crippen molar-refractivity contribution < 1.29 is 19.8 Å². The maximum Gasteiger partial charge on any atom is 0.341 e. The summed E-state index contributed by atoms with van der Waals surface area (Å²) in [6.45, 7) is 7.62. The molecule has 0 heterocycles. The highest BCUT2D eigenvalue weighted by molar-refractivity contribution is 7.85. The molecule has 0 fully saturated rings. The van der Waals surface area contributed by atoms with Crippen LogP contribution in [0.4, 0.5) is 0 Å². The van der Waals surface area contributed by atoms with E-state index in [9.17, 15) is 9.59 Å². The van der Waals surface area contributed by atoms with Crippen LogP contribution in [0.2, 0.25) is 0 Å². The number of aliphatic carboxylic acids is 2. The maximum atomic E-state index is 9.60. The Labute approximate surface area is 75.6 Å². The minimum absolute atomic E-state index is 0.130. The highest BCUT2D eigenvalue weighted by Crippen LogP contribution is 1.91. The average molecular weight is 190 g/mol. The molecular weight excluding hydrogens is 180 g/mol. The van der Waals surface area contributed by atoms with E-state index >= 15 is 0 Å². The Bertz CT molecular complexity index is 171. The van der Waals surface area contributed by atoms with Gasteiger partial charge in [0.05, 0.1) is 4.91 Å². The molecule has 0 amide bonds. The summed E-state index contributed by atoms with van der Waals surface area (Å²) in [7, 11) is 0. The maximum absolute atomic E-state index is 9.60. The van der Waals surface area contributed by atoms with Crippen LogP contribution < -0.4 is 0 Å². The second-order valence-electron chi connectivity index (χ2n) is 1.84. The van der Waals surface area contributed by atoms with Crippen molar-refractivity contribution in [2.45, 2.75) is 6.92 Å². The zero-order valence-electron chi connectivity index (χ0n) is 6.57. The molecule has 0 radical (unpaired) electrons. The van der Waals surface area contributed by atoms with Crippen molar-refractivity contribution >= 4 is 24.6 Å². The van der Waals surface area contributed by atoms with Gasteiger partial charge >= 0.3 is 11.9 Å². The molecule has 0 rings (SSSR count). The third-order valence-corrected chi connectivity index (χ3v) is 0.803. The summed E-state index contributed by atoms with van der Waals surface area (Å²) in [5.41, 5.74) is 0.176. The predicted molar refractivity (Wildman–Crippen MR) is 48.2 cm³/mol. The highest BCUT2D eigenvalue weighted by Gasteiger charge is 1.91. The molecule has 0 unspecified atom stereocenters. The number of carboxylic acid groups (broad SMARTS) is 2. The fourth-order valence-electron chi connectivity index (χ4n) is 0. The zero-order chi connectivity index (χ0) is 10.3. The monoisotopic (exact) mass is 190 g/mol. The smallest absolute Gasteiger partial charge is 0.341 e. The van der Waals surface area contributed by atoms with Crippen LogP contribution in [0.15, 0.2) is 23.6 Å². The topological polar surface area (TPSA) is 74.6 Å². The van der Waals surface area contributed by atoms with Crippen LogP contribution in [0.1, 0.15) is 6.92 Å². The molecule has 0 aromatic carbocycles. The highest BCUT2D eigenvalue weighted by atomic mass is 32.1. The fourth-order valence-corrected chi connectivity index (χ4v) is 0. The largest absolute Gasteiger partial charge is 0.478 e. The van der Waals surface area contributed by atoms with Crippen molar-refractivity contribution in [2.24, 2.45) is 0 Å². The van der Waals surface area contributed by atoms with Gasteiger partial charge in [-0.05, 0) is 6.92 Å². The van der Waals surface area contributed by atoms with E-state index in [1.807, 2.05) is 0 Å². The molecule has 4 nitrogen and oxygen atoms in total. The molecule has 12 heavy (non-hydrogen) atoms. The first-order valence-corrected chi connectivity index (χ1v) is 3.23. The van der Waals surface area contributed by atoms with Crippen molar-refractivity contribution in [1.82, 2.24) is 0 Å². The number of carboxylic acids is 2. The summed E-state index contributed by atoms with van der Waals surface area (Å²) >= 11 is 3.40. The Morgan fingerprint density at radius 1 is 1.17 bits per heavy atom. The van der Waals surface area contributed by atoms with Gasteiger partial charge in [0.2, 0.25) is 0 Å². The fraction of sp³-hybridized carbons (Fsp3) is 0.143. The molecule has 5 heteroatoms. The van der Waals surface area contributed by atoms with Gasteiger partial charge in [-0.15, -0.1) is 12.6 Å². The van der Waals surface area contributed by atoms with E-state index < -0.39 is 11.9 Å². The quantitative estimate of drug-likeness (QED) is 0.451. The molecule has 2 N–H and O–H groups in total. The molecule has 68 valence electrons. The Balaban J connectivity index is 0. The van der Waals surface area contributed by atoms with Gasteiger partial charge in [-0.2, -0.15) is 0 Å². The number of rotatable bonds is 2. The summed E-state index contributed by atoms with van der Waals surface area (Å²) in [6, 6.07) is 0. The molecule has 0 spiro atoms. The third kappa shape index (κ3) is 11.6. The minimum atomic E-state index is -1.07. The summed E-state index contributed by atoms with van der Waals surface area (Å²) in [5.74, 6) is -2.01. The van der Waals surface area contributed by atoms with Crippen molar-refractivity contribution in [3.63, 3.8) is 0 Å². The Hall–Kier alpha value is -1.23. The van der Waals surface area contributed by atoms with Gasteiger partial charge in [-0.25, -0.2) is 9.59 Å². The standard InChI is InChI=1S/C4H6O2.C3H4O2S/c1-3(2)4(5)6;1-2(6)3(4)5/h1H2,2H3,(H,5,6);6H,1H2,(H,4,5). The SMILES string of the molecule is C=C(C)C(=O)O.C=C(S)C(=O)O. The van der Waals surface area contributed by atoms with Crippen LogP contribution in [0.3, 0.4) is 0 Å². The molecule has 0 saturated heterocycles. The van der Waals surface area contributed by atoms with E-state index in [0.29, 0.717) is 0 Å². The lowest BCUT2D eigenvalue weighted by Crippen LogP contribution is -1.92.